The highest BCUT2D eigenvalue weighted by Crippen LogP contribution is 2.19. The van der Waals surface area contributed by atoms with Crippen LogP contribution in [-0.4, -0.2) is 18.9 Å². The first-order valence-corrected chi connectivity index (χ1v) is 8.93. The van der Waals surface area contributed by atoms with Crippen LogP contribution in [-0.2, 0) is 11.2 Å². The number of rotatable bonds is 8. The van der Waals surface area contributed by atoms with Crippen LogP contribution in [0, 0.1) is 0 Å². The van der Waals surface area contributed by atoms with Gasteiger partial charge in [0.2, 0.25) is 0 Å². The molecule has 0 fully saturated rings. The van der Waals surface area contributed by atoms with Crippen molar-refractivity contribution in [2.24, 2.45) is 0 Å². The number of ether oxygens (including phenoxy) is 2. The molecule has 1 atom stereocenters. The normalized spacial score (nSPS) is 11.6. The van der Waals surface area contributed by atoms with Gasteiger partial charge in [-0.25, -0.2) is 4.79 Å². The zero-order valence-corrected chi connectivity index (χ0v) is 15.3. The topological polar surface area (TPSA) is 38.8 Å². The summed E-state index contributed by atoms with van der Waals surface area (Å²) < 4.78 is 10.8. The van der Waals surface area contributed by atoms with Gasteiger partial charge in [0.15, 0.2) is 6.23 Å². The van der Waals surface area contributed by atoms with Gasteiger partial charge in [-0.3, -0.25) is 0 Å². The lowest BCUT2D eigenvalue weighted by molar-refractivity contribution is 0.0640. The molecule has 0 aliphatic rings. The summed E-state index contributed by atoms with van der Waals surface area (Å²) in [5.74, 6) is 0.495. The highest BCUT2D eigenvalue weighted by Gasteiger charge is 2.19. The molecule has 2 aromatic rings. The predicted octanol–water partition coefficient (Wildman–Crippen LogP) is 5.42. The van der Waals surface area contributed by atoms with Gasteiger partial charge in [-0.05, 0) is 49.6 Å². The van der Waals surface area contributed by atoms with E-state index in [1.165, 1.54) is 5.56 Å². The number of hydrogen-bond donors (Lipinski definition) is 0. The highest BCUT2D eigenvalue weighted by atomic mass is 16.7. The molecule has 134 valence electrons. The molecule has 0 saturated heterocycles. The average Bonchev–Trinajstić information content (AvgIpc) is 2.63. The minimum absolute atomic E-state index is 0.406. The minimum atomic E-state index is -0.686. The molecule has 0 saturated carbocycles. The Morgan fingerprint density at radius 2 is 1.72 bits per heavy atom. The van der Waals surface area contributed by atoms with Crippen molar-refractivity contribution in [3.63, 3.8) is 0 Å². The number of hydrogen-bond acceptors (Lipinski definition) is 4. The summed E-state index contributed by atoms with van der Waals surface area (Å²) in [6, 6.07) is 17.4. The quantitative estimate of drug-likeness (QED) is 0.365. The van der Waals surface area contributed by atoms with Crippen molar-refractivity contribution in [2.75, 3.05) is 11.4 Å². The van der Waals surface area contributed by atoms with E-state index in [0.29, 0.717) is 5.75 Å². The second-order valence-corrected chi connectivity index (χ2v) is 5.95. The van der Waals surface area contributed by atoms with Crippen LogP contribution in [0.15, 0.2) is 54.6 Å². The molecule has 1 unspecified atom stereocenters. The fourth-order valence-corrected chi connectivity index (χ4v) is 2.59. The SMILES string of the molecule is CCCCN(c1ccccc1)C(C)OC(=O)Oc1ccc(CC)cc1. The maximum atomic E-state index is 12.1. The number of anilines is 1. The Balaban J connectivity index is 1.98. The van der Waals surface area contributed by atoms with Crippen molar-refractivity contribution in [3.8, 4) is 5.75 Å². The van der Waals surface area contributed by atoms with Crippen LogP contribution in [0.2, 0.25) is 0 Å². The van der Waals surface area contributed by atoms with Crippen molar-refractivity contribution in [1.82, 2.24) is 0 Å². The number of aryl methyl sites for hydroxylation is 1. The smallest absolute Gasteiger partial charge is 0.410 e. The van der Waals surface area contributed by atoms with E-state index in [-0.39, 0.29) is 0 Å². The molecule has 0 radical (unpaired) electrons. The molecule has 2 rings (SSSR count). The molecule has 4 nitrogen and oxygen atoms in total. The Bertz CT molecular complexity index is 640. The first-order valence-electron chi connectivity index (χ1n) is 8.93. The average molecular weight is 341 g/mol. The molecule has 0 heterocycles. The summed E-state index contributed by atoms with van der Waals surface area (Å²) in [6.45, 7) is 6.91. The zero-order chi connectivity index (χ0) is 18.1. The molecule has 0 N–H and O–H groups in total. The van der Waals surface area contributed by atoms with Gasteiger partial charge in [0.25, 0.3) is 0 Å². The van der Waals surface area contributed by atoms with Gasteiger partial charge in [0.05, 0.1) is 0 Å². The van der Waals surface area contributed by atoms with E-state index in [9.17, 15) is 4.79 Å². The largest absolute Gasteiger partial charge is 0.515 e. The van der Waals surface area contributed by atoms with Gasteiger partial charge in [0, 0.05) is 12.2 Å². The van der Waals surface area contributed by atoms with Gasteiger partial charge in [-0.15, -0.1) is 0 Å². The van der Waals surface area contributed by atoms with E-state index >= 15 is 0 Å². The van der Waals surface area contributed by atoms with Gasteiger partial charge in [-0.1, -0.05) is 50.6 Å². The van der Waals surface area contributed by atoms with E-state index in [4.69, 9.17) is 9.47 Å². The third kappa shape index (κ3) is 5.82. The van der Waals surface area contributed by atoms with Crippen LogP contribution in [0.4, 0.5) is 10.5 Å². The van der Waals surface area contributed by atoms with Crippen molar-refractivity contribution < 1.29 is 14.3 Å². The van der Waals surface area contributed by atoms with E-state index in [1.807, 2.05) is 49.4 Å². The van der Waals surface area contributed by atoms with E-state index in [0.717, 1.165) is 31.5 Å². The molecule has 4 heteroatoms. The number of carbonyl (C=O) groups excluding carboxylic acids is 1. The standard InChI is InChI=1S/C21H27NO3/c1-4-6-16-22(19-10-8-7-9-11-19)17(3)24-21(23)25-20-14-12-18(5-2)13-15-20/h7-15,17H,4-6,16H2,1-3H3. The predicted molar refractivity (Wildman–Crippen MR) is 101 cm³/mol. The molecule has 0 bridgehead atoms. The maximum Gasteiger partial charge on any atom is 0.515 e. The highest BCUT2D eigenvalue weighted by molar-refractivity contribution is 5.64. The number of para-hydroxylation sites is 1. The van der Waals surface area contributed by atoms with Crippen molar-refractivity contribution in [3.05, 3.63) is 60.2 Å². The van der Waals surface area contributed by atoms with Crippen LogP contribution in [0.5, 0.6) is 5.75 Å². The monoisotopic (exact) mass is 341 g/mol. The fourth-order valence-electron chi connectivity index (χ4n) is 2.59. The van der Waals surface area contributed by atoms with E-state index in [1.54, 1.807) is 12.1 Å². The second kappa shape index (κ2) is 9.72. The van der Waals surface area contributed by atoms with Gasteiger partial charge < -0.3 is 14.4 Å². The fraction of sp³-hybridized carbons (Fsp3) is 0.381. The van der Waals surface area contributed by atoms with Crippen LogP contribution in [0.1, 0.15) is 39.2 Å². The Morgan fingerprint density at radius 3 is 2.32 bits per heavy atom. The minimum Gasteiger partial charge on any atom is -0.410 e. The number of carbonyl (C=O) groups is 1. The molecule has 0 aromatic heterocycles. The molecular weight excluding hydrogens is 314 g/mol. The van der Waals surface area contributed by atoms with Crippen LogP contribution >= 0.6 is 0 Å². The molecule has 0 aliphatic heterocycles. The maximum absolute atomic E-state index is 12.1. The van der Waals surface area contributed by atoms with Crippen LogP contribution in [0.25, 0.3) is 0 Å². The van der Waals surface area contributed by atoms with E-state index in [2.05, 4.69) is 18.7 Å². The molecule has 0 aliphatic carbocycles. The zero-order valence-electron chi connectivity index (χ0n) is 15.3. The van der Waals surface area contributed by atoms with Crippen LogP contribution < -0.4 is 9.64 Å². The third-order valence-electron chi connectivity index (χ3n) is 4.08. The Hall–Kier alpha value is -2.49. The molecular formula is C21H27NO3. The number of unbranched alkanes of at least 4 members (excludes halogenated alkanes) is 1. The van der Waals surface area contributed by atoms with Gasteiger partial charge in [0.1, 0.15) is 5.75 Å². The van der Waals surface area contributed by atoms with Crippen molar-refractivity contribution in [2.45, 2.75) is 46.3 Å². The number of benzene rings is 2. The summed E-state index contributed by atoms with van der Waals surface area (Å²) in [5.41, 5.74) is 2.23. The third-order valence-corrected chi connectivity index (χ3v) is 4.08. The summed E-state index contributed by atoms with van der Waals surface area (Å²) in [7, 11) is 0. The molecule has 25 heavy (non-hydrogen) atoms. The van der Waals surface area contributed by atoms with Gasteiger partial charge >= 0.3 is 6.16 Å². The summed E-state index contributed by atoms with van der Waals surface area (Å²) in [5, 5.41) is 0. The van der Waals surface area contributed by atoms with Gasteiger partial charge in [-0.2, -0.15) is 0 Å². The Kier molecular flexibility index (Phi) is 7.33. The summed E-state index contributed by atoms with van der Waals surface area (Å²) >= 11 is 0. The van der Waals surface area contributed by atoms with Crippen molar-refractivity contribution >= 4 is 11.8 Å². The molecule has 0 amide bonds. The Labute approximate surface area is 150 Å². The van der Waals surface area contributed by atoms with E-state index < -0.39 is 12.4 Å². The lowest BCUT2D eigenvalue weighted by Crippen LogP contribution is -2.38. The van der Waals surface area contributed by atoms with Crippen molar-refractivity contribution in [1.29, 1.82) is 0 Å². The lowest BCUT2D eigenvalue weighted by Gasteiger charge is -2.30. The first-order chi connectivity index (χ1) is 12.1. The second-order valence-electron chi connectivity index (χ2n) is 5.95. The summed E-state index contributed by atoms with van der Waals surface area (Å²) in [4.78, 5) is 14.2. The number of nitrogens with zero attached hydrogens (tertiary/aromatic N) is 1. The Morgan fingerprint density at radius 1 is 1.04 bits per heavy atom. The lowest BCUT2D eigenvalue weighted by atomic mass is 10.2. The molecule has 2 aromatic carbocycles. The molecule has 0 spiro atoms. The first kappa shape index (κ1) is 18.8. The summed E-state index contributed by atoms with van der Waals surface area (Å²) in [6.07, 6.45) is 1.96. The van der Waals surface area contributed by atoms with Crippen LogP contribution in [0.3, 0.4) is 0 Å².